The number of rotatable bonds is 11. The average molecular weight is 343 g/mol. The van der Waals surface area contributed by atoms with Crippen molar-refractivity contribution in [2.24, 2.45) is 0 Å². The van der Waals surface area contributed by atoms with Crippen LogP contribution in [0.1, 0.15) is 20.8 Å². The van der Waals surface area contributed by atoms with Gasteiger partial charge < -0.3 is 9.53 Å². The van der Waals surface area contributed by atoms with Crippen LogP contribution < -0.4 is 0 Å². The zero-order chi connectivity index (χ0) is 18.3. The van der Waals surface area contributed by atoms with Crippen LogP contribution in [0.3, 0.4) is 0 Å². The summed E-state index contributed by atoms with van der Waals surface area (Å²) in [6, 6.07) is 0. The lowest BCUT2D eigenvalue weighted by molar-refractivity contribution is -0.0468. The molecule has 0 saturated carbocycles. The number of hydrogen-bond acceptors (Lipinski definition) is 4. The summed E-state index contributed by atoms with van der Waals surface area (Å²) in [7, 11) is 2.09. The first kappa shape index (κ1) is 22.5. The second-order valence-electron chi connectivity index (χ2n) is 8.24. The first-order valence-corrected chi connectivity index (χ1v) is 11.2. The minimum atomic E-state index is -1.89. The molecule has 0 spiro atoms. The summed E-state index contributed by atoms with van der Waals surface area (Å²) in [6.07, 6.45) is 3.70. The molecular weight excluding hydrogens is 304 g/mol. The van der Waals surface area contributed by atoms with E-state index in [4.69, 9.17) is 4.43 Å². The van der Waals surface area contributed by atoms with Gasteiger partial charge >= 0.3 is 0 Å². The van der Waals surface area contributed by atoms with Crippen LogP contribution in [0.5, 0.6) is 0 Å². The van der Waals surface area contributed by atoms with Gasteiger partial charge in [-0.2, -0.15) is 0 Å². The highest BCUT2D eigenvalue weighted by Gasteiger charge is 2.40. The molecule has 0 aliphatic rings. The van der Waals surface area contributed by atoms with Crippen molar-refractivity contribution in [3.05, 3.63) is 25.3 Å². The van der Waals surface area contributed by atoms with Crippen molar-refractivity contribution in [1.82, 2.24) is 9.80 Å². The zero-order valence-electron chi connectivity index (χ0n) is 16.4. The largest absolute Gasteiger partial charge is 0.414 e. The molecule has 0 unspecified atom stereocenters. The topological polar surface area (TPSA) is 35.9 Å². The maximum atomic E-state index is 11.2. The third kappa shape index (κ3) is 8.27. The summed E-state index contributed by atoms with van der Waals surface area (Å²) in [4.78, 5) is 4.15. The molecular formula is C18H38N2O2Si. The van der Waals surface area contributed by atoms with Gasteiger partial charge in [-0.15, -0.1) is 13.2 Å². The SMILES string of the molecule is C=CCN(C)CC(O)(CO[Si](C)(C)C(C)(C)C)CN(C)CC=C. The summed E-state index contributed by atoms with van der Waals surface area (Å²) in [5, 5.41) is 11.3. The van der Waals surface area contributed by atoms with Crippen molar-refractivity contribution >= 4 is 8.32 Å². The molecule has 0 aliphatic carbocycles. The summed E-state index contributed by atoms with van der Waals surface area (Å²) in [5.41, 5.74) is -0.912. The molecule has 0 heterocycles. The molecule has 1 N–H and O–H groups in total. The summed E-state index contributed by atoms with van der Waals surface area (Å²) in [5.74, 6) is 0. The predicted molar refractivity (Wildman–Crippen MR) is 103 cm³/mol. The fraction of sp³-hybridized carbons (Fsp3) is 0.778. The Morgan fingerprint density at radius 2 is 1.39 bits per heavy atom. The first-order chi connectivity index (χ1) is 10.4. The number of aliphatic hydroxyl groups is 1. The van der Waals surface area contributed by atoms with Gasteiger partial charge in [-0.1, -0.05) is 32.9 Å². The molecule has 0 bridgehead atoms. The zero-order valence-corrected chi connectivity index (χ0v) is 17.4. The smallest absolute Gasteiger partial charge is 0.192 e. The lowest BCUT2D eigenvalue weighted by atomic mass is 10.0. The Kier molecular flexibility index (Phi) is 8.95. The van der Waals surface area contributed by atoms with Crippen LogP contribution in [0.4, 0.5) is 0 Å². The summed E-state index contributed by atoms with van der Waals surface area (Å²) < 4.78 is 6.30. The van der Waals surface area contributed by atoms with Crippen LogP contribution in [0, 0.1) is 0 Å². The monoisotopic (exact) mass is 342 g/mol. The molecule has 4 nitrogen and oxygen atoms in total. The first-order valence-electron chi connectivity index (χ1n) is 8.32. The molecule has 0 radical (unpaired) electrons. The van der Waals surface area contributed by atoms with Crippen LogP contribution in [0.15, 0.2) is 25.3 Å². The standard InChI is InChI=1S/C18H38N2O2Si/c1-10-12-19(6)14-18(21,15-20(7)13-11-2)16-22-23(8,9)17(3,4)5/h10-11,21H,1-2,12-16H2,3-9H3. The van der Waals surface area contributed by atoms with Gasteiger partial charge in [0.05, 0.1) is 6.61 Å². The molecule has 0 aromatic carbocycles. The third-order valence-corrected chi connectivity index (χ3v) is 9.00. The van der Waals surface area contributed by atoms with Gasteiger partial charge in [0.1, 0.15) is 5.60 Å². The van der Waals surface area contributed by atoms with Crippen molar-refractivity contribution in [3.63, 3.8) is 0 Å². The number of nitrogens with zero attached hydrogens (tertiary/aromatic N) is 2. The summed E-state index contributed by atoms with van der Waals surface area (Å²) >= 11 is 0. The van der Waals surface area contributed by atoms with E-state index in [2.05, 4.69) is 56.8 Å². The number of hydrogen-bond donors (Lipinski definition) is 1. The summed E-state index contributed by atoms with van der Waals surface area (Å²) in [6.45, 7) is 21.6. The van der Waals surface area contributed by atoms with Crippen LogP contribution in [0.25, 0.3) is 0 Å². The molecule has 0 saturated heterocycles. The quantitative estimate of drug-likeness (QED) is 0.462. The van der Waals surface area contributed by atoms with E-state index < -0.39 is 13.9 Å². The van der Waals surface area contributed by atoms with Crippen LogP contribution in [-0.4, -0.2) is 75.7 Å². The Hall–Kier alpha value is -0.463. The van der Waals surface area contributed by atoms with Gasteiger partial charge in [0.15, 0.2) is 8.32 Å². The Morgan fingerprint density at radius 1 is 1.00 bits per heavy atom. The fourth-order valence-electron chi connectivity index (χ4n) is 2.25. The molecule has 0 aromatic rings. The van der Waals surface area contributed by atoms with Gasteiger partial charge in [0.25, 0.3) is 0 Å². The predicted octanol–water partition coefficient (Wildman–Crippen LogP) is 2.97. The Bertz CT molecular complexity index is 360. The minimum Gasteiger partial charge on any atom is -0.414 e. The van der Waals surface area contributed by atoms with Gasteiger partial charge in [-0.05, 0) is 32.2 Å². The van der Waals surface area contributed by atoms with Gasteiger partial charge in [-0.3, -0.25) is 9.80 Å². The maximum absolute atomic E-state index is 11.2. The average Bonchev–Trinajstić information content (AvgIpc) is 2.35. The second-order valence-corrected chi connectivity index (χ2v) is 13.1. The van der Waals surface area contributed by atoms with Gasteiger partial charge in [-0.25, -0.2) is 0 Å². The van der Waals surface area contributed by atoms with E-state index in [0.29, 0.717) is 19.7 Å². The molecule has 0 aromatic heterocycles. The van der Waals surface area contributed by atoms with Gasteiger partial charge in [0.2, 0.25) is 0 Å². The van der Waals surface area contributed by atoms with Crippen molar-refractivity contribution in [1.29, 1.82) is 0 Å². The normalized spacial score (nSPS) is 13.7. The highest BCUT2D eigenvalue weighted by atomic mass is 28.4. The fourth-order valence-corrected chi connectivity index (χ4v) is 3.31. The molecule has 0 fully saturated rings. The van der Waals surface area contributed by atoms with E-state index in [0.717, 1.165) is 13.1 Å². The van der Waals surface area contributed by atoms with E-state index in [1.165, 1.54) is 0 Å². The molecule has 0 amide bonds. The van der Waals surface area contributed by atoms with Crippen LogP contribution in [0.2, 0.25) is 18.1 Å². The van der Waals surface area contributed by atoms with Gasteiger partial charge in [0, 0.05) is 26.2 Å². The minimum absolute atomic E-state index is 0.133. The van der Waals surface area contributed by atoms with Crippen LogP contribution >= 0.6 is 0 Å². The lowest BCUT2D eigenvalue weighted by Gasteiger charge is -2.41. The Labute approximate surface area is 144 Å². The third-order valence-electron chi connectivity index (χ3n) is 4.52. The highest BCUT2D eigenvalue weighted by molar-refractivity contribution is 6.74. The van der Waals surface area contributed by atoms with Crippen molar-refractivity contribution in [3.8, 4) is 0 Å². The highest BCUT2D eigenvalue weighted by Crippen LogP contribution is 2.37. The van der Waals surface area contributed by atoms with E-state index in [1.54, 1.807) is 0 Å². The van der Waals surface area contributed by atoms with E-state index >= 15 is 0 Å². The molecule has 0 atom stereocenters. The maximum Gasteiger partial charge on any atom is 0.192 e. The van der Waals surface area contributed by atoms with E-state index in [9.17, 15) is 5.11 Å². The van der Waals surface area contributed by atoms with E-state index in [-0.39, 0.29) is 5.04 Å². The van der Waals surface area contributed by atoms with Crippen molar-refractivity contribution in [2.75, 3.05) is 46.9 Å². The van der Waals surface area contributed by atoms with Crippen LogP contribution in [-0.2, 0) is 4.43 Å². The second kappa shape index (κ2) is 9.13. The molecule has 23 heavy (non-hydrogen) atoms. The molecule has 0 rings (SSSR count). The molecule has 5 heteroatoms. The number of likely N-dealkylation sites (N-methyl/N-ethyl adjacent to an activating group) is 2. The van der Waals surface area contributed by atoms with Crippen molar-refractivity contribution in [2.45, 2.75) is 44.5 Å². The lowest BCUT2D eigenvalue weighted by Crippen LogP contribution is -2.55. The molecule has 136 valence electrons. The Morgan fingerprint density at radius 3 is 1.70 bits per heavy atom. The van der Waals surface area contributed by atoms with Crippen molar-refractivity contribution < 1.29 is 9.53 Å². The Balaban J connectivity index is 5.03. The van der Waals surface area contributed by atoms with E-state index in [1.807, 2.05) is 26.2 Å². The molecule has 0 aliphatic heterocycles.